The maximum absolute atomic E-state index is 13.0. The molecule has 1 aromatic rings. The van der Waals surface area contributed by atoms with Crippen LogP contribution in [0.25, 0.3) is 0 Å². The Labute approximate surface area is 187 Å². The summed E-state index contributed by atoms with van der Waals surface area (Å²) >= 11 is 0. The summed E-state index contributed by atoms with van der Waals surface area (Å²) in [5.41, 5.74) is 1.61. The molecule has 7 heteroatoms. The van der Waals surface area contributed by atoms with E-state index >= 15 is 0 Å². The fraction of sp³-hybridized carbons (Fsp3) is 0.792. The first kappa shape index (κ1) is 24.5. The standard InChI is InChI=1S/C24H40N2O4S/c1-4-6-7-8-19-10-14-21(15-11-19)30-17-23-22(25-31(28,29)5-2)16-13-20-12-9-18(3)24(27)26(20)23/h9,12,19,21-23,25H,4-8,10-11,13-17H2,1-3H3. The van der Waals surface area contributed by atoms with E-state index in [1.165, 1.54) is 38.5 Å². The van der Waals surface area contributed by atoms with E-state index in [0.717, 1.165) is 24.5 Å². The summed E-state index contributed by atoms with van der Waals surface area (Å²) < 4.78 is 35.5. The van der Waals surface area contributed by atoms with Crippen LogP contribution in [0.15, 0.2) is 16.9 Å². The van der Waals surface area contributed by atoms with Gasteiger partial charge >= 0.3 is 0 Å². The SMILES string of the molecule is CCCCCC1CCC(OCC2C(NS(=O)(=O)CC)CCc3ccc(C)c(=O)n32)CC1. The second kappa shape index (κ2) is 11.1. The second-order valence-corrected chi connectivity index (χ2v) is 11.4. The molecule has 0 saturated heterocycles. The highest BCUT2D eigenvalue weighted by Gasteiger charge is 2.34. The van der Waals surface area contributed by atoms with Crippen LogP contribution in [0.4, 0.5) is 0 Å². The number of nitrogens with one attached hydrogen (secondary N) is 1. The third kappa shape index (κ3) is 6.42. The lowest BCUT2D eigenvalue weighted by Gasteiger charge is -2.37. The third-order valence-electron chi connectivity index (χ3n) is 7.12. The average Bonchev–Trinajstić information content (AvgIpc) is 2.76. The normalized spacial score (nSPS) is 26.5. The van der Waals surface area contributed by atoms with E-state index in [4.69, 9.17) is 4.74 Å². The molecule has 0 aromatic carbocycles. The number of sulfonamides is 1. The minimum Gasteiger partial charge on any atom is -0.376 e. The number of ether oxygens (including phenoxy) is 1. The van der Waals surface area contributed by atoms with Gasteiger partial charge in [0, 0.05) is 17.3 Å². The van der Waals surface area contributed by atoms with Crippen molar-refractivity contribution >= 4 is 10.0 Å². The monoisotopic (exact) mass is 452 g/mol. The van der Waals surface area contributed by atoms with E-state index in [-0.39, 0.29) is 29.5 Å². The zero-order valence-corrected chi connectivity index (χ0v) is 20.3. The number of nitrogens with zero attached hydrogens (tertiary/aromatic N) is 1. The Kier molecular flexibility index (Phi) is 8.76. The molecule has 176 valence electrons. The van der Waals surface area contributed by atoms with Crippen LogP contribution < -0.4 is 10.3 Å². The first-order valence-electron chi connectivity index (χ1n) is 12.2. The van der Waals surface area contributed by atoms with Crippen molar-refractivity contribution in [2.45, 2.75) is 103 Å². The van der Waals surface area contributed by atoms with Crippen molar-refractivity contribution < 1.29 is 13.2 Å². The molecule has 0 radical (unpaired) electrons. The molecule has 3 rings (SSSR count). The lowest BCUT2D eigenvalue weighted by molar-refractivity contribution is -0.00747. The van der Waals surface area contributed by atoms with Crippen molar-refractivity contribution in [2.24, 2.45) is 5.92 Å². The first-order valence-corrected chi connectivity index (χ1v) is 13.8. The Bertz CT molecular complexity index is 872. The van der Waals surface area contributed by atoms with E-state index < -0.39 is 10.0 Å². The summed E-state index contributed by atoms with van der Waals surface area (Å²) in [7, 11) is -3.36. The van der Waals surface area contributed by atoms with Crippen LogP contribution in [-0.4, -0.2) is 37.5 Å². The summed E-state index contributed by atoms with van der Waals surface area (Å²) in [6.07, 6.45) is 11.3. The molecule has 6 nitrogen and oxygen atoms in total. The van der Waals surface area contributed by atoms with Gasteiger partial charge in [0.2, 0.25) is 10.0 Å². The molecule has 0 spiro atoms. The van der Waals surface area contributed by atoms with E-state index in [0.29, 0.717) is 25.0 Å². The Hall–Kier alpha value is -1.18. The maximum atomic E-state index is 13.0. The average molecular weight is 453 g/mol. The van der Waals surface area contributed by atoms with Crippen molar-refractivity contribution in [3.05, 3.63) is 33.7 Å². The van der Waals surface area contributed by atoms with Crippen LogP contribution in [0.1, 0.15) is 88.9 Å². The summed E-state index contributed by atoms with van der Waals surface area (Å²) in [5.74, 6) is 0.852. The number of fused-ring (bicyclic) bond motifs is 1. The van der Waals surface area contributed by atoms with Gasteiger partial charge in [-0.25, -0.2) is 13.1 Å². The van der Waals surface area contributed by atoms with Crippen molar-refractivity contribution in [1.29, 1.82) is 0 Å². The van der Waals surface area contributed by atoms with Gasteiger partial charge in [-0.3, -0.25) is 4.79 Å². The van der Waals surface area contributed by atoms with E-state index in [1.54, 1.807) is 11.5 Å². The molecule has 0 amide bonds. The predicted octanol–water partition coefficient (Wildman–Crippen LogP) is 4.11. The van der Waals surface area contributed by atoms with Crippen LogP contribution in [0.5, 0.6) is 0 Å². The molecule has 1 aromatic heterocycles. The van der Waals surface area contributed by atoms with Crippen LogP contribution in [-0.2, 0) is 21.2 Å². The molecule has 31 heavy (non-hydrogen) atoms. The molecule has 2 atom stereocenters. The topological polar surface area (TPSA) is 77.4 Å². The smallest absolute Gasteiger partial charge is 0.254 e. The fourth-order valence-electron chi connectivity index (χ4n) is 5.08. The number of aryl methyl sites for hydroxylation is 2. The highest BCUT2D eigenvalue weighted by Crippen LogP contribution is 2.32. The Balaban J connectivity index is 1.68. The first-order chi connectivity index (χ1) is 14.8. The van der Waals surface area contributed by atoms with Gasteiger partial charge in [-0.2, -0.15) is 0 Å². The van der Waals surface area contributed by atoms with Crippen LogP contribution in [0.3, 0.4) is 0 Å². The van der Waals surface area contributed by atoms with Gasteiger partial charge in [-0.05, 0) is 64.4 Å². The number of aromatic nitrogens is 1. The zero-order valence-electron chi connectivity index (χ0n) is 19.4. The highest BCUT2D eigenvalue weighted by atomic mass is 32.2. The minimum absolute atomic E-state index is 0.0360. The van der Waals surface area contributed by atoms with Crippen molar-refractivity contribution in [1.82, 2.24) is 9.29 Å². The number of unbranched alkanes of at least 4 members (excludes halogenated alkanes) is 2. The van der Waals surface area contributed by atoms with Crippen LogP contribution in [0, 0.1) is 12.8 Å². The largest absolute Gasteiger partial charge is 0.376 e. The molecule has 1 N–H and O–H groups in total. The third-order valence-corrected chi connectivity index (χ3v) is 8.54. The van der Waals surface area contributed by atoms with E-state index in [2.05, 4.69) is 11.6 Å². The quantitative estimate of drug-likeness (QED) is 0.542. The summed E-state index contributed by atoms with van der Waals surface area (Å²) in [5, 5.41) is 0. The van der Waals surface area contributed by atoms with E-state index in [1.807, 2.05) is 19.1 Å². The number of rotatable bonds is 10. The Morgan fingerprint density at radius 1 is 1.10 bits per heavy atom. The molecule has 1 saturated carbocycles. The van der Waals surface area contributed by atoms with Gasteiger partial charge in [0.15, 0.2) is 0 Å². The molecule has 2 unspecified atom stereocenters. The Morgan fingerprint density at radius 2 is 1.84 bits per heavy atom. The highest BCUT2D eigenvalue weighted by molar-refractivity contribution is 7.89. The molecule has 1 aliphatic carbocycles. The van der Waals surface area contributed by atoms with E-state index in [9.17, 15) is 13.2 Å². The van der Waals surface area contributed by atoms with Gasteiger partial charge in [-0.15, -0.1) is 0 Å². The van der Waals surface area contributed by atoms with Crippen molar-refractivity contribution in [2.75, 3.05) is 12.4 Å². The van der Waals surface area contributed by atoms with Crippen molar-refractivity contribution in [3.8, 4) is 0 Å². The molecule has 2 heterocycles. The zero-order chi connectivity index (χ0) is 22.4. The van der Waals surface area contributed by atoms with Gasteiger partial charge in [0.05, 0.1) is 24.5 Å². The fourth-order valence-corrected chi connectivity index (χ4v) is 5.99. The maximum Gasteiger partial charge on any atom is 0.254 e. The number of pyridine rings is 1. The van der Waals surface area contributed by atoms with Gasteiger partial charge in [0.1, 0.15) is 0 Å². The Morgan fingerprint density at radius 3 is 2.52 bits per heavy atom. The molecular weight excluding hydrogens is 412 g/mol. The molecule has 1 fully saturated rings. The summed E-state index contributed by atoms with van der Waals surface area (Å²) in [6, 6.07) is 3.24. The van der Waals surface area contributed by atoms with Gasteiger partial charge < -0.3 is 9.30 Å². The summed E-state index contributed by atoms with van der Waals surface area (Å²) in [6.45, 7) is 6.07. The molecule has 2 aliphatic rings. The molecule has 0 bridgehead atoms. The lowest BCUT2D eigenvalue weighted by atomic mass is 9.84. The van der Waals surface area contributed by atoms with Crippen molar-refractivity contribution in [3.63, 3.8) is 0 Å². The van der Waals surface area contributed by atoms with Gasteiger partial charge in [0.25, 0.3) is 5.56 Å². The minimum atomic E-state index is -3.36. The molecular formula is C24H40N2O4S. The number of hydrogen-bond donors (Lipinski definition) is 1. The second-order valence-electron chi connectivity index (χ2n) is 9.39. The predicted molar refractivity (Wildman–Crippen MR) is 125 cm³/mol. The lowest BCUT2D eigenvalue weighted by Crippen LogP contribution is -2.50. The molecule has 1 aliphatic heterocycles. The van der Waals surface area contributed by atoms with Gasteiger partial charge in [-0.1, -0.05) is 38.7 Å². The van der Waals surface area contributed by atoms with Crippen LogP contribution in [0.2, 0.25) is 0 Å². The van der Waals surface area contributed by atoms with Crippen LogP contribution >= 0.6 is 0 Å². The summed E-state index contributed by atoms with van der Waals surface area (Å²) in [4.78, 5) is 13.0. The number of hydrogen-bond acceptors (Lipinski definition) is 4.